The Balaban J connectivity index is 1.84. The second kappa shape index (κ2) is 7.33. The summed E-state index contributed by atoms with van der Waals surface area (Å²) in [6, 6.07) is 7.50. The van der Waals surface area contributed by atoms with Crippen LogP contribution >= 0.6 is 0 Å². The molecule has 0 saturated carbocycles. The number of hydrogen-bond donors (Lipinski definition) is 2. The Morgan fingerprint density at radius 3 is 2.72 bits per heavy atom. The van der Waals surface area contributed by atoms with Crippen molar-refractivity contribution in [2.24, 2.45) is 22.0 Å². The number of hydrogen-bond acceptors (Lipinski definition) is 5. The molecule has 25 heavy (non-hydrogen) atoms. The van der Waals surface area contributed by atoms with Crippen molar-refractivity contribution in [1.82, 2.24) is 9.99 Å². The average molecular weight is 343 g/mol. The molecule has 3 rings (SSSR count). The Hall–Kier alpha value is -2.90. The van der Waals surface area contributed by atoms with E-state index in [4.69, 9.17) is 10.5 Å². The number of amides is 1. The van der Waals surface area contributed by atoms with E-state index in [9.17, 15) is 9.59 Å². The highest BCUT2D eigenvalue weighted by atomic mass is 16.5. The monoisotopic (exact) mass is 343 g/mol. The number of esters is 1. The van der Waals surface area contributed by atoms with Crippen molar-refractivity contribution in [3.05, 3.63) is 30.0 Å². The molecule has 132 valence electrons. The molecule has 3 N–H and O–H groups in total. The maximum Gasteiger partial charge on any atom is 0.357 e. The number of piperidine rings is 1. The summed E-state index contributed by atoms with van der Waals surface area (Å²) in [4.78, 5) is 26.5. The van der Waals surface area contributed by atoms with E-state index in [-0.39, 0.29) is 18.4 Å². The van der Waals surface area contributed by atoms with Crippen LogP contribution in [0.5, 0.6) is 0 Å². The van der Waals surface area contributed by atoms with Crippen molar-refractivity contribution in [2.45, 2.75) is 19.8 Å². The highest BCUT2D eigenvalue weighted by Crippen LogP contribution is 2.31. The zero-order valence-corrected chi connectivity index (χ0v) is 14.1. The lowest BCUT2D eigenvalue weighted by molar-refractivity contribution is -0.123. The van der Waals surface area contributed by atoms with Gasteiger partial charge in [0.15, 0.2) is 5.69 Å². The van der Waals surface area contributed by atoms with E-state index in [2.05, 4.69) is 15.3 Å². The molecule has 1 aliphatic heterocycles. The number of fused-ring (bicyclic) bond motifs is 1. The summed E-state index contributed by atoms with van der Waals surface area (Å²) in [5, 5.41) is 11.1. The van der Waals surface area contributed by atoms with E-state index in [0.29, 0.717) is 37.3 Å². The second-order valence-electron chi connectivity index (χ2n) is 5.93. The van der Waals surface area contributed by atoms with E-state index in [1.165, 1.54) is 0 Å². The van der Waals surface area contributed by atoms with Crippen LogP contribution in [-0.2, 0) is 9.53 Å². The Morgan fingerprint density at radius 1 is 1.32 bits per heavy atom. The second-order valence-corrected chi connectivity index (χ2v) is 5.93. The minimum atomic E-state index is -0.458. The Labute approximate surface area is 145 Å². The minimum absolute atomic E-state index is 0.102. The number of aromatic nitrogens is 1. The normalized spacial score (nSPS) is 15.8. The van der Waals surface area contributed by atoms with E-state index >= 15 is 0 Å². The van der Waals surface area contributed by atoms with Gasteiger partial charge in [0.25, 0.3) is 0 Å². The third kappa shape index (κ3) is 3.62. The molecule has 0 radical (unpaired) electrons. The van der Waals surface area contributed by atoms with Crippen LogP contribution in [0.3, 0.4) is 0 Å². The first-order valence-electron chi connectivity index (χ1n) is 8.34. The molecule has 0 unspecified atom stereocenters. The predicted octanol–water partition coefficient (Wildman–Crippen LogP) is 2.54. The van der Waals surface area contributed by atoms with Crippen LogP contribution in [0.15, 0.2) is 34.6 Å². The first-order chi connectivity index (χ1) is 12.1. The van der Waals surface area contributed by atoms with Crippen molar-refractivity contribution in [2.75, 3.05) is 19.7 Å². The predicted molar refractivity (Wildman–Crippen MR) is 92.3 cm³/mol. The number of nitrogens with zero attached hydrogens (tertiary/aromatic N) is 3. The fraction of sp³-hybridized carbons (Fsp3) is 0.412. The van der Waals surface area contributed by atoms with Crippen LogP contribution in [0.4, 0.5) is 5.69 Å². The molecule has 8 heteroatoms. The molecule has 2 aromatic rings. The Morgan fingerprint density at radius 2 is 2.04 bits per heavy atom. The molecule has 2 heterocycles. The van der Waals surface area contributed by atoms with Gasteiger partial charge in [-0.1, -0.05) is 23.4 Å². The van der Waals surface area contributed by atoms with Crippen LogP contribution in [-0.4, -0.2) is 41.6 Å². The molecular formula is C17H21N5O3. The number of benzene rings is 1. The van der Waals surface area contributed by atoms with Gasteiger partial charge in [-0.2, -0.15) is 0 Å². The molecular weight excluding hydrogens is 322 g/mol. The quantitative estimate of drug-likeness (QED) is 0.641. The lowest BCUT2D eigenvalue weighted by atomic mass is 9.97. The molecule has 0 aliphatic carbocycles. The topological polar surface area (TPSA) is 113 Å². The summed E-state index contributed by atoms with van der Waals surface area (Å²) in [6.45, 7) is 3.25. The molecule has 0 atom stereocenters. The van der Waals surface area contributed by atoms with Crippen molar-refractivity contribution in [1.29, 1.82) is 0 Å². The number of primary amides is 1. The van der Waals surface area contributed by atoms with Gasteiger partial charge in [0, 0.05) is 29.9 Å². The summed E-state index contributed by atoms with van der Waals surface area (Å²) < 4.78 is 5.09. The van der Waals surface area contributed by atoms with Crippen LogP contribution in [0, 0.1) is 5.92 Å². The fourth-order valence-corrected chi connectivity index (χ4v) is 2.93. The molecule has 0 bridgehead atoms. The lowest BCUT2D eigenvalue weighted by Gasteiger charge is -2.26. The summed E-state index contributed by atoms with van der Waals surface area (Å²) in [5.41, 5.74) is 6.89. The number of nitrogens with one attached hydrogen (secondary N) is 1. The van der Waals surface area contributed by atoms with Crippen molar-refractivity contribution < 1.29 is 14.3 Å². The molecule has 1 saturated heterocycles. The van der Waals surface area contributed by atoms with Gasteiger partial charge in [0.2, 0.25) is 5.91 Å². The molecule has 1 aromatic heterocycles. The number of rotatable bonds is 5. The number of H-pyrrole nitrogens is 1. The summed E-state index contributed by atoms with van der Waals surface area (Å²) >= 11 is 0. The molecule has 1 fully saturated rings. The van der Waals surface area contributed by atoms with Crippen molar-refractivity contribution >= 4 is 28.5 Å². The third-order valence-electron chi connectivity index (χ3n) is 4.30. The number of aromatic amines is 1. The maximum atomic E-state index is 12.2. The highest BCUT2D eigenvalue weighted by molar-refractivity contribution is 6.04. The number of carbonyl (C=O) groups excluding carboxylic acids is 2. The van der Waals surface area contributed by atoms with Crippen LogP contribution in [0.2, 0.25) is 0 Å². The zero-order chi connectivity index (χ0) is 17.8. The maximum absolute atomic E-state index is 12.2. The number of nitrogens with two attached hydrogens (primary N) is 1. The Bertz CT molecular complexity index is 806. The minimum Gasteiger partial charge on any atom is -0.461 e. The number of ether oxygens (including phenoxy) is 1. The summed E-state index contributed by atoms with van der Waals surface area (Å²) in [7, 11) is 0. The van der Waals surface area contributed by atoms with Crippen LogP contribution < -0.4 is 5.73 Å². The van der Waals surface area contributed by atoms with E-state index in [0.717, 1.165) is 10.9 Å². The van der Waals surface area contributed by atoms with E-state index in [1.807, 2.05) is 24.3 Å². The highest BCUT2D eigenvalue weighted by Gasteiger charge is 2.23. The van der Waals surface area contributed by atoms with Gasteiger partial charge in [-0.3, -0.25) is 9.80 Å². The molecule has 1 aromatic carbocycles. The molecule has 0 spiro atoms. The number of para-hydroxylation sites is 1. The largest absolute Gasteiger partial charge is 0.461 e. The van der Waals surface area contributed by atoms with Gasteiger partial charge in [-0.15, -0.1) is 5.11 Å². The van der Waals surface area contributed by atoms with Gasteiger partial charge >= 0.3 is 5.97 Å². The first kappa shape index (κ1) is 16.9. The summed E-state index contributed by atoms with van der Waals surface area (Å²) in [6.07, 6.45) is 1.32. The van der Waals surface area contributed by atoms with E-state index in [1.54, 1.807) is 11.9 Å². The Kier molecular flexibility index (Phi) is 4.97. The number of carbonyl (C=O) groups is 2. The fourth-order valence-electron chi connectivity index (χ4n) is 2.93. The van der Waals surface area contributed by atoms with Crippen LogP contribution in [0.1, 0.15) is 30.3 Å². The van der Waals surface area contributed by atoms with E-state index < -0.39 is 5.97 Å². The molecule has 1 aliphatic rings. The standard InChI is InChI=1S/C17H21N5O3/c1-2-25-17(24)15-14(12-5-3-4-6-13(12)19-15)20-21-22-9-7-11(8-10-22)16(18)23/h3-6,11,19H,2,7-10H2,1H3,(H2,18,23). The lowest BCUT2D eigenvalue weighted by Crippen LogP contribution is -2.35. The van der Waals surface area contributed by atoms with Gasteiger partial charge in [-0.25, -0.2) is 4.79 Å². The summed E-state index contributed by atoms with van der Waals surface area (Å²) in [5.74, 6) is -0.826. The van der Waals surface area contributed by atoms with Crippen molar-refractivity contribution in [3.8, 4) is 0 Å². The van der Waals surface area contributed by atoms with Crippen molar-refractivity contribution in [3.63, 3.8) is 0 Å². The van der Waals surface area contributed by atoms with Gasteiger partial charge in [0.05, 0.1) is 6.61 Å². The molecule has 8 nitrogen and oxygen atoms in total. The zero-order valence-electron chi connectivity index (χ0n) is 14.1. The molecule has 1 amide bonds. The average Bonchev–Trinajstić information content (AvgIpc) is 2.99. The van der Waals surface area contributed by atoms with Gasteiger partial charge in [0.1, 0.15) is 5.69 Å². The van der Waals surface area contributed by atoms with Crippen LogP contribution in [0.25, 0.3) is 10.9 Å². The third-order valence-corrected chi connectivity index (χ3v) is 4.30. The van der Waals surface area contributed by atoms with Gasteiger partial charge in [-0.05, 0) is 25.8 Å². The first-order valence-corrected chi connectivity index (χ1v) is 8.34. The SMILES string of the molecule is CCOC(=O)c1[nH]c2ccccc2c1N=NN1CCC(C(N)=O)CC1. The van der Waals surface area contributed by atoms with Gasteiger partial charge < -0.3 is 15.5 Å². The smallest absolute Gasteiger partial charge is 0.357 e.